The van der Waals surface area contributed by atoms with Crippen molar-refractivity contribution >= 4 is 17.5 Å². The third-order valence-corrected chi connectivity index (χ3v) is 3.83. The Bertz CT molecular complexity index is 802. The summed E-state index contributed by atoms with van der Waals surface area (Å²) in [5, 5.41) is 5.58. The molecule has 1 aliphatic heterocycles. The lowest BCUT2D eigenvalue weighted by Gasteiger charge is -2.16. The van der Waals surface area contributed by atoms with Crippen LogP contribution in [0.4, 0.5) is 5.69 Å². The molecule has 0 unspecified atom stereocenters. The minimum atomic E-state index is -0.450. The molecule has 0 fully saturated rings. The largest absolute Gasteiger partial charge is 0.494 e. The molecule has 26 heavy (non-hydrogen) atoms. The summed E-state index contributed by atoms with van der Waals surface area (Å²) in [5.74, 6) is -0.601. The van der Waals surface area contributed by atoms with Crippen molar-refractivity contribution in [2.24, 2.45) is 0 Å². The molecule has 1 heterocycles. The zero-order chi connectivity index (χ0) is 18.2. The average molecular weight is 352 g/mol. The topological polar surface area (TPSA) is 76.7 Å². The van der Waals surface area contributed by atoms with Crippen LogP contribution in [0.5, 0.6) is 0 Å². The Morgan fingerprint density at radius 1 is 0.923 bits per heavy atom. The van der Waals surface area contributed by atoms with Gasteiger partial charge in [-0.05, 0) is 24.1 Å². The Kier molecular flexibility index (Phi) is 5.88. The van der Waals surface area contributed by atoms with Crippen molar-refractivity contribution in [2.45, 2.75) is 6.42 Å². The third-order valence-electron chi connectivity index (χ3n) is 3.83. The lowest BCUT2D eigenvalue weighted by Crippen LogP contribution is -2.28. The zero-order valence-electron chi connectivity index (χ0n) is 14.2. The van der Waals surface area contributed by atoms with Gasteiger partial charge in [0.25, 0.3) is 11.8 Å². The summed E-state index contributed by atoms with van der Waals surface area (Å²) in [6.07, 6.45) is 2.01. The minimum absolute atomic E-state index is 0.0931. The van der Waals surface area contributed by atoms with Crippen LogP contribution in [-0.4, -0.2) is 31.6 Å². The van der Waals surface area contributed by atoms with Crippen LogP contribution in [0, 0.1) is 0 Å². The molecular weight excluding hydrogens is 332 g/mol. The molecule has 2 aromatic rings. The van der Waals surface area contributed by atoms with Gasteiger partial charge in [0.1, 0.15) is 19.5 Å². The molecule has 0 spiro atoms. The van der Waals surface area contributed by atoms with Crippen LogP contribution in [-0.2, 0) is 20.7 Å². The van der Waals surface area contributed by atoms with E-state index in [2.05, 4.69) is 10.6 Å². The molecule has 0 bridgehead atoms. The number of carbonyl (C=O) groups is 2. The molecule has 134 valence electrons. The molecule has 1 aliphatic rings. The summed E-state index contributed by atoms with van der Waals surface area (Å²) < 4.78 is 10.3. The number of benzene rings is 2. The molecule has 0 saturated carbocycles. The molecule has 0 saturated heterocycles. The Hall–Kier alpha value is -3.28. The van der Waals surface area contributed by atoms with Crippen molar-refractivity contribution in [3.63, 3.8) is 0 Å². The molecule has 2 N–H and O–H groups in total. The van der Waals surface area contributed by atoms with Crippen LogP contribution >= 0.6 is 0 Å². The number of rotatable bonds is 6. The molecule has 2 aromatic carbocycles. The van der Waals surface area contributed by atoms with Gasteiger partial charge in [-0.2, -0.15) is 0 Å². The fourth-order valence-corrected chi connectivity index (χ4v) is 2.52. The first kappa shape index (κ1) is 17.5. The maximum atomic E-state index is 12.5. The quantitative estimate of drug-likeness (QED) is 0.837. The predicted molar refractivity (Wildman–Crippen MR) is 97.5 cm³/mol. The third kappa shape index (κ3) is 4.63. The lowest BCUT2D eigenvalue weighted by molar-refractivity contribution is -0.117. The highest BCUT2D eigenvalue weighted by molar-refractivity contribution is 6.07. The number of ether oxygens (including phenoxy) is 2. The van der Waals surface area contributed by atoms with Gasteiger partial charge in [-0.3, -0.25) is 9.59 Å². The summed E-state index contributed by atoms with van der Waals surface area (Å²) in [4.78, 5) is 24.7. The summed E-state index contributed by atoms with van der Waals surface area (Å²) in [5.41, 5.74) is 1.96. The van der Waals surface area contributed by atoms with Gasteiger partial charge in [-0.25, -0.2) is 0 Å². The first-order valence-electron chi connectivity index (χ1n) is 8.41. The predicted octanol–water partition coefficient (Wildman–Crippen LogP) is 2.49. The summed E-state index contributed by atoms with van der Waals surface area (Å²) in [6, 6.07) is 16.8. The van der Waals surface area contributed by atoms with Crippen LogP contribution in [0.15, 0.2) is 66.6 Å². The molecule has 0 atom stereocenters. The number of amides is 2. The van der Waals surface area contributed by atoms with Gasteiger partial charge in [0.15, 0.2) is 0 Å². The number of hydrogen-bond acceptors (Lipinski definition) is 4. The first-order valence-corrected chi connectivity index (χ1v) is 8.41. The van der Waals surface area contributed by atoms with Gasteiger partial charge in [0, 0.05) is 6.54 Å². The standard InChI is InChI=1S/C20H20N2O4/c23-19(21-11-10-15-6-2-1-3-7-15)16-8-4-5-9-17(16)22-20(24)18-14-25-12-13-26-18/h1-9,14H,10-13H2,(H,21,23)(H,22,24). The Labute approximate surface area is 151 Å². The maximum Gasteiger partial charge on any atom is 0.294 e. The zero-order valence-corrected chi connectivity index (χ0v) is 14.2. The van der Waals surface area contributed by atoms with Gasteiger partial charge < -0.3 is 20.1 Å². The van der Waals surface area contributed by atoms with E-state index in [4.69, 9.17) is 9.47 Å². The van der Waals surface area contributed by atoms with Crippen LogP contribution in [0.3, 0.4) is 0 Å². The highest BCUT2D eigenvalue weighted by atomic mass is 16.6. The van der Waals surface area contributed by atoms with Gasteiger partial charge in [-0.1, -0.05) is 42.5 Å². The molecule has 0 radical (unpaired) electrons. The SMILES string of the molecule is O=C(Nc1ccccc1C(=O)NCCc1ccccc1)C1=COCCO1. The van der Waals surface area contributed by atoms with E-state index in [9.17, 15) is 9.59 Å². The number of nitrogens with one attached hydrogen (secondary N) is 2. The fraction of sp³-hybridized carbons (Fsp3) is 0.200. The Morgan fingerprint density at radius 2 is 1.69 bits per heavy atom. The van der Waals surface area contributed by atoms with E-state index in [1.807, 2.05) is 30.3 Å². The number of carbonyl (C=O) groups excluding carboxylic acids is 2. The monoisotopic (exact) mass is 352 g/mol. The molecule has 3 rings (SSSR count). The van der Waals surface area contributed by atoms with Crippen LogP contribution in [0.25, 0.3) is 0 Å². The van der Waals surface area contributed by atoms with E-state index < -0.39 is 5.91 Å². The number of anilines is 1. The normalized spacial score (nSPS) is 13.0. The van der Waals surface area contributed by atoms with Gasteiger partial charge in [-0.15, -0.1) is 0 Å². The molecule has 6 nitrogen and oxygen atoms in total. The van der Waals surface area contributed by atoms with Crippen molar-refractivity contribution in [3.05, 3.63) is 77.7 Å². The van der Waals surface area contributed by atoms with Gasteiger partial charge in [0.2, 0.25) is 5.76 Å². The van der Waals surface area contributed by atoms with Crippen molar-refractivity contribution in [2.75, 3.05) is 25.1 Å². The minimum Gasteiger partial charge on any atom is -0.494 e. The first-order chi connectivity index (χ1) is 12.7. The van der Waals surface area contributed by atoms with Crippen molar-refractivity contribution in [1.82, 2.24) is 5.32 Å². The van der Waals surface area contributed by atoms with E-state index in [-0.39, 0.29) is 11.7 Å². The molecule has 0 aromatic heterocycles. The Morgan fingerprint density at radius 3 is 2.46 bits per heavy atom. The van der Waals surface area contributed by atoms with Gasteiger partial charge >= 0.3 is 0 Å². The van der Waals surface area contributed by atoms with E-state index in [0.29, 0.717) is 31.0 Å². The highest BCUT2D eigenvalue weighted by Gasteiger charge is 2.18. The second kappa shape index (κ2) is 8.71. The Balaban J connectivity index is 1.61. The fourth-order valence-electron chi connectivity index (χ4n) is 2.52. The van der Waals surface area contributed by atoms with E-state index in [1.54, 1.807) is 24.3 Å². The summed E-state index contributed by atoms with van der Waals surface area (Å²) in [6.45, 7) is 1.24. The van der Waals surface area contributed by atoms with Crippen LogP contribution in [0.2, 0.25) is 0 Å². The average Bonchev–Trinajstić information content (AvgIpc) is 2.70. The highest BCUT2D eigenvalue weighted by Crippen LogP contribution is 2.17. The number of hydrogen-bond donors (Lipinski definition) is 2. The van der Waals surface area contributed by atoms with E-state index in [1.165, 1.54) is 6.26 Å². The van der Waals surface area contributed by atoms with Crippen molar-refractivity contribution < 1.29 is 19.1 Å². The smallest absolute Gasteiger partial charge is 0.294 e. The number of para-hydroxylation sites is 1. The molecular formula is C20H20N2O4. The van der Waals surface area contributed by atoms with E-state index >= 15 is 0 Å². The van der Waals surface area contributed by atoms with Crippen LogP contribution < -0.4 is 10.6 Å². The summed E-state index contributed by atoms with van der Waals surface area (Å²) >= 11 is 0. The molecule has 0 aliphatic carbocycles. The molecule has 6 heteroatoms. The second-order valence-corrected chi connectivity index (χ2v) is 5.69. The maximum absolute atomic E-state index is 12.5. The lowest BCUT2D eigenvalue weighted by atomic mass is 10.1. The van der Waals surface area contributed by atoms with Crippen molar-refractivity contribution in [3.8, 4) is 0 Å². The van der Waals surface area contributed by atoms with Crippen molar-refractivity contribution in [1.29, 1.82) is 0 Å². The van der Waals surface area contributed by atoms with Crippen LogP contribution in [0.1, 0.15) is 15.9 Å². The second-order valence-electron chi connectivity index (χ2n) is 5.69. The molecule has 2 amide bonds. The summed E-state index contributed by atoms with van der Waals surface area (Å²) in [7, 11) is 0. The van der Waals surface area contributed by atoms with E-state index in [0.717, 1.165) is 12.0 Å². The van der Waals surface area contributed by atoms with Gasteiger partial charge in [0.05, 0.1) is 11.3 Å².